The van der Waals surface area contributed by atoms with Crippen LogP contribution in [0, 0.1) is 0 Å². The summed E-state index contributed by atoms with van der Waals surface area (Å²) in [5.74, 6) is 1.01. The Labute approximate surface area is 108 Å². The van der Waals surface area contributed by atoms with Gasteiger partial charge in [0.1, 0.15) is 5.82 Å². The molecule has 0 amide bonds. The number of ether oxygens (including phenoxy) is 1. The minimum Gasteiger partial charge on any atom is -0.380 e. The summed E-state index contributed by atoms with van der Waals surface area (Å²) in [6.45, 7) is 4.62. The van der Waals surface area contributed by atoms with Crippen molar-refractivity contribution in [1.29, 1.82) is 0 Å². The van der Waals surface area contributed by atoms with E-state index in [0.29, 0.717) is 0 Å². The van der Waals surface area contributed by atoms with E-state index in [9.17, 15) is 0 Å². The van der Waals surface area contributed by atoms with Crippen LogP contribution in [0.1, 0.15) is 24.9 Å². The number of nitrogens with two attached hydrogens (primary N) is 1. The van der Waals surface area contributed by atoms with Crippen molar-refractivity contribution in [3.05, 3.63) is 35.5 Å². The molecule has 1 aliphatic rings. The SMILES string of the molecule is COCC1=CCN(c2cc(C(C)N)ccn2)CC1. The van der Waals surface area contributed by atoms with Gasteiger partial charge in [-0.3, -0.25) is 0 Å². The van der Waals surface area contributed by atoms with Crippen LogP contribution in [0.4, 0.5) is 5.82 Å². The molecule has 0 aromatic carbocycles. The van der Waals surface area contributed by atoms with Gasteiger partial charge in [-0.2, -0.15) is 0 Å². The predicted octanol–water partition coefficient (Wildman–Crippen LogP) is 1.88. The van der Waals surface area contributed by atoms with Gasteiger partial charge in [0.2, 0.25) is 0 Å². The van der Waals surface area contributed by atoms with E-state index in [0.717, 1.165) is 37.5 Å². The van der Waals surface area contributed by atoms with E-state index in [-0.39, 0.29) is 6.04 Å². The van der Waals surface area contributed by atoms with Crippen molar-refractivity contribution in [2.45, 2.75) is 19.4 Å². The zero-order chi connectivity index (χ0) is 13.0. The molecule has 1 atom stereocenters. The third kappa shape index (κ3) is 3.09. The summed E-state index contributed by atoms with van der Waals surface area (Å²) in [7, 11) is 1.74. The molecule has 2 heterocycles. The lowest BCUT2D eigenvalue weighted by Crippen LogP contribution is -2.30. The van der Waals surface area contributed by atoms with Crippen molar-refractivity contribution in [2.75, 3.05) is 31.7 Å². The number of methoxy groups -OCH3 is 1. The first-order valence-electron chi connectivity index (χ1n) is 6.34. The molecule has 0 radical (unpaired) electrons. The molecule has 2 N–H and O–H groups in total. The molecule has 0 spiro atoms. The molecule has 1 aromatic heterocycles. The fraction of sp³-hybridized carbons (Fsp3) is 0.500. The number of aromatic nitrogens is 1. The summed E-state index contributed by atoms with van der Waals surface area (Å²) in [6, 6.07) is 4.11. The third-order valence-corrected chi connectivity index (χ3v) is 3.25. The fourth-order valence-electron chi connectivity index (χ4n) is 2.13. The van der Waals surface area contributed by atoms with Gasteiger partial charge in [0.25, 0.3) is 0 Å². The summed E-state index contributed by atoms with van der Waals surface area (Å²) >= 11 is 0. The van der Waals surface area contributed by atoms with Crippen molar-refractivity contribution in [3.8, 4) is 0 Å². The van der Waals surface area contributed by atoms with E-state index in [4.69, 9.17) is 10.5 Å². The largest absolute Gasteiger partial charge is 0.380 e. The Morgan fingerprint density at radius 1 is 1.56 bits per heavy atom. The molecule has 98 valence electrons. The molecule has 0 bridgehead atoms. The van der Waals surface area contributed by atoms with Crippen molar-refractivity contribution >= 4 is 5.82 Å². The number of nitrogens with zero attached hydrogens (tertiary/aromatic N) is 2. The van der Waals surface area contributed by atoms with Gasteiger partial charge in [-0.05, 0) is 36.6 Å². The minimum atomic E-state index is 0.0520. The van der Waals surface area contributed by atoms with Crippen LogP contribution in [0.25, 0.3) is 0 Å². The summed E-state index contributed by atoms with van der Waals surface area (Å²) in [5, 5.41) is 0. The second-order valence-electron chi connectivity index (χ2n) is 4.73. The van der Waals surface area contributed by atoms with Gasteiger partial charge in [-0.15, -0.1) is 0 Å². The van der Waals surface area contributed by atoms with Gasteiger partial charge in [0.05, 0.1) is 6.61 Å². The van der Waals surface area contributed by atoms with Gasteiger partial charge in [0.15, 0.2) is 0 Å². The molecule has 4 nitrogen and oxygen atoms in total. The smallest absolute Gasteiger partial charge is 0.129 e. The molecule has 0 saturated heterocycles. The number of anilines is 1. The Morgan fingerprint density at radius 3 is 3.00 bits per heavy atom. The first-order valence-corrected chi connectivity index (χ1v) is 6.34. The lowest BCUT2D eigenvalue weighted by molar-refractivity contribution is 0.222. The summed E-state index contributed by atoms with van der Waals surface area (Å²) in [4.78, 5) is 6.70. The van der Waals surface area contributed by atoms with E-state index in [2.05, 4.69) is 22.0 Å². The van der Waals surface area contributed by atoms with Gasteiger partial charge >= 0.3 is 0 Å². The van der Waals surface area contributed by atoms with Gasteiger partial charge in [-0.1, -0.05) is 6.08 Å². The molecule has 18 heavy (non-hydrogen) atoms. The standard InChI is InChI=1S/C14H21N3O/c1-11(15)13-3-6-16-14(9-13)17-7-4-12(5-8-17)10-18-2/h3-4,6,9,11H,5,7-8,10,15H2,1-2H3. The highest BCUT2D eigenvalue weighted by molar-refractivity contribution is 5.44. The van der Waals surface area contributed by atoms with Crippen LogP contribution in [0.5, 0.6) is 0 Å². The van der Waals surface area contributed by atoms with E-state index in [1.165, 1.54) is 5.57 Å². The Bertz CT molecular complexity index is 429. The molecular weight excluding hydrogens is 226 g/mol. The molecule has 1 unspecified atom stereocenters. The molecule has 0 fully saturated rings. The van der Waals surface area contributed by atoms with Gasteiger partial charge in [0, 0.05) is 32.4 Å². The second-order valence-corrected chi connectivity index (χ2v) is 4.73. The highest BCUT2D eigenvalue weighted by atomic mass is 16.5. The maximum absolute atomic E-state index is 5.90. The Morgan fingerprint density at radius 2 is 2.39 bits per heavy atom. The highest BCUT2D eigenvalue weighted by Gasteiger charge is 2.13. The van der Waals surface area contributed by atoms with E-state index < -0.39 is 0 Å². The number of pyridine rings is 1. The molecular formula is C14H21N3O. The Hall–Kier alpha value is -1.39. The monoisotopic (exact) mass is 247 g/mol. The average molecular weight is 247 g/mol. The van der Waals surface area contributed by atoms with Crippen LogP contribution in [0.3, 0.4) is 0 Å². The van der Waals surface area contributed by atoms with E-state index in [1.807, 2.05) is 19.2 Å². The minimum absolute atomic E-state index is 0.0520. The summed E-state index contributed by atoms with van der Waals surface area (Å²) in [6.07, 6.45) is 5.10. The van der Waals surface area contributed by atoms with Gasteiger partial charge in [-0.25, -0.2) is 4.98 Å². The molecule has 0 saturated carbocycles. The average Bonchev–Trinajstić information content (AvgIpc) is 2.40. The lowest BCUT2D eigenvalue weighted by Gasteiger charge is -2.27. The number of hydrogen-bond donors (Lipinski definition) is 1. The second kappa shape index (κ2) is 5.98. The first-order chi connectivity index (χ1) is 8.70. The maximum atomic E-state index is 5.90. The fourth-order valence-corrected chi connectivity index (χ4v) is 2.13. The first kappa shape index (κ1) is 13.1. The Kier molecular flexibility index (Phi) is 4.33. The van der Waals surface area contributed by atoms with Crippen molar-refractivity contribution in [2.24, 2.45) is 5.73 Å². The van der Waals surface area contributed by atoms with Crippen LogP contribution in [0.2, 0.25) is 0 Å². The maximum Gasteiger partial charge on any atom is 0.129 e. The number of rotatable bonds is 4. The van der Waals surface area contributed by atoms with Crippen LogP contribution < -0.4 is 10.6 Å². The van der Waals surface area contributed by atoms with Crippen LogP contribution in [-0.4, -0.2) is 31.8 Å². The van der Waals surface area contributed by atoms with E-state index >= 15 is 0 Å². The summed E-state index contributed by atoms with van der Waals surface area (Å²) in [5.41, 5.74) is 8.40. The van der Waals surface area contributed by atoms with Crippen LogP contribution in [0.15, 0.2) is 30.0 Å². The summed E-state index contributed by atoms with van der Waals surface area (Å²) < 4.78 is 5.15. The zero-order valence-corrected chi connectivity index (χ0v) is 11.1. The van der Waals surface area contributed by atoms with Crippen LogP contribution in [-0.2, 0) is 4.74 Å². The van der Waals surface area contributed by atoms with Crippen LogP contribution >= 0.6 is 0 Å². The van der Waals surface area contributed by atoms with Gasteiger partial charge < -0.3 is 15.4 Å². The zero-order valence-electron chi connectivity index (χ0n) is 11.1. The predicted molar refractivity (Wildman–Crippen MR) is 73.6 cm³/mol. The molecule has 1 aliphatic heterocycles. The van der Waals surface area contributed by atoms with Crippen molar-refractivity contribution in [3.63, 3.8) is 0 Å². The molecule has 1 aromatic rings. The highest BCUT2D eigenvalue weighted by Crippen LogP contribution is 2.20. The van der Waals surface area contributed by atoms with E-state index in [1.54, 1.807) is 7.11 Å². The lowest BCUT2D eigenvalue weighted by atomic mass is 10.1. The molecule has 2 rings (SSSR count). The Balaban J connectivity index is 2.07. The topological polar surface area (TPSA) is 51.4 Å². The quantitative estimate of drug-likeness (QED) is 0.825. The molecule has 4 heteroatoms. The molecule has 0 aliphatic carbocycles. The number of hydrogen-bond acceptors (Lipinski definition) is 4. The normalized spacial score (nSPS) is 17.5. The third-order valence-electron chi connectivity index (χ3n) is 3.25. The van der Waals surface area contributed by atoms with Crippen molar-refractivity contribution in [1.82, 2.24) is 4.98 Å². The van der Waals surface area contributed by atoms with Crippen molar-refractivity contribution < 1.29 is 4.74 Å².